The lowest BCUT2D eigenvalue weighted by Crippen LogP contribution is -2.35. The van der Waals surface area contributed by atoms with E-state index in [2.05, 4.69) is 6.07 Å². The average molecular weight is 429 g/mol. The first-order valence-electron chi connectivity index (χ1n) is 10.3. The third kappa shape index (κ3) is 3.15. The highest BCUT2D eigenvalue weighted by atomic mass is 35.5. The Morgan fingerprint density at radius 1 is 0.839 bits per heavy atom. The normalized spacial score (nSPS) is 15.8. The summed E-state index contributed by atoms with van der Waals surface area (Å²) in [6, 6.07) is 21.0. The molecule has 5 rings (SSSR count). The van der Waals surface area contributed by atoms with E-state index in [0.717, 1.165) is 28.8 Å². The largest absolute Gasteiger partial charge is 0.336 e. The molecule has 0 saturated heterocycles. The Bertz CT molecular complexity index is 1260. The Hall–Kier alpha value is -3.37. The third-order valence-corrected chi connectivity index (χ3v) is 6.19. The van der Waals surface area contributed by atoms with Gasteiger partial charge in [-0.3, -0.25) is 9.59 Å². The predicted octanol–water partition coefficient (Wildman–Crippen LogP) is 5.30. The quantitative estimate of drug-likeness (QED) is 0.531. The number of hydrogen-bond donors (Lipinski definition) is 0. The van der Waals surface area contributed by atoms with Crippen molar-refractivity contribution in [3.63, 3.8) is 0 Å². The van der Waals surface area contributed by atoms with Crippen LogP contribution < -0.4 is 9.80 Å². The molecule has 5 heteroatoms. The number of anilines is 2. The number of fused-ring (bicyclic) bond motifs is 1. The second-order valence-corrected chi connectivity index (χ2v) is 8.43. The number of benzene rings is 3. The van der Waals surface area contributed by atoms with Crippen molar-refractivity contribution in [3.05, 3.63) is 99.7 Å². The Kier molecular flexibility index (Phi) is 4.67. The van der Waals surface area contributed by atoms with E-state index in [1.807, 2.05) is 61.2 Å². The van der Waals surface area contributed by atoms with Crippen molar-refractivity contribution in [3.8, 4) is 0 Å². The maximum Gasteiger partial charge on any atom is 0.282 e. The van der Waals surface area contributed by atoms with Gasteiger partial charge in [-0.25, -0.2) is 4.90 Å². The van der Waals surface area contributed by atoms with Gasteiger partial charge in [0, 0.05) is 17.3 Å². The molecule has 0 N–H and O–H groups in total. The smallest absolute Gasteiger partial charge is 0.282 e. The number of carbonyl (C=O) groups excluding carboxylic acids is 2. The van der Waals surface area contributed by atoms with Gasteiger partial charge in [0.2, 0.25) is 0 Å². The molecular formula is C26H21ClN2O2. The summed E-state index contributed by atoms with van der Waals surface area (Å²) in [5, 5.41) is 0.570. The second-order valence-electron chi connectivity index (χ2n) is 8.00. The molecule has 0 aliphatic carbocycles. The maximum absolute atomic E-state index is 13.8. The predicted molar refractivity (Wildman–Crippen MR) is 124 cm³/mol. The van der Waals surface area contributed by atoms with Gasteiger partial charge in [0.25, 0.3) is 11.8 Å². The molecule has 0 saturated carbocycles. The monoisotopic (exact) mass is 428 g/mol. The van der Waals surface area contributed by atoms with Crippen molar-refractivity contribution in [2.24, 2.45) is 0 Å². The van der Waals surface area contributed by atoms with Gasteiger partial charge in [-0.2, -0.15) is 0 Å². The molecule has 2 aliphatic heterocycles. The Morgan fingerprint density at radius 3 is 2.32 bits per heavy atom. The Balaban J connectivity index is 1.70. The van der Waals surface area contributed by atoms with E-state index in [-0.39, 0.29) is 11.8 Å². The highest BCUT2D eigenvalue weighted by Crippen LogP contribution is 2.40. The van der Waals surface area contributed by atoms with Gasteiger partial charge >= 0.3 is 0 Å². The van der Waals surface area contributed by atoms with Crippen molar-refractivity contribution in [1.29, 1.82) is 0 Å². The molecule has 4 nitrogen and oxygen atoms in total. The highest BCUT2D eigenvalue weighted by Gasteiger charge is 2.44. The first kappa shape index (κ1) is 19.6. The number of carbonyl (C=O) groups is 2. The molecule has 0 fully saturated rings. The number of aryl methyl sites for hydroxylation is 2. The molecule has 2 heterocycles. The lowest BCUT2D eigenvalue weighted by molar-refractivity contribution is -0.120. The summed E-state index contributed by atoms with van der Waals surface area (Å²) < 4.78 is 0. The summed E-state index contributed by atoms with van der Waals surface area (Å²) in [6.45, 7) is 4.52. The van der Waals surface area contributed by atoms with E-state index < -0.39 is 0 Å². The minimum absolute atomic E-state index is 0.303. The van der Waals surface area contributed by atoms with Crippen LogP contribution in [0, 0.1) is 13.8 Å². The van der Waals surface area contributed by atoms with Crippen LogP contribution in [0.5, 0.6) is 0 Å². The molecule has 0 radical (unpaired) electrons. The van der Waals surface area contributed by atoms with Gasteiger partial charge in [-0.1, -0.05) is 59.6 Å². The van der Waals surface area contributed by atoms with Gasteiger partial charge in [-0.15, -0.1) is 0 Å². The van der Waals surface area contributed by atoms with Crippen LogP contribution in [0.2, 0.25) is 5.02 Å². The molecule has 0 atom stereocenters. The molecule has 2 aliphatic rings. The number of imide groups is 1. The standard InChI is InChI=1S/C26H21ClN2O2/c1-16-7-9-19(10-8-16)23-24(28-14-13-18-5-3-4-6-22(18)28)26(31)29(25(23)30)21-12-11-20(27)15-17(21)2/h3-12,15H,13-14H2,1-2H3. The molecule has 0 spiro atoms. The SMILES string of the molecule is Cc1ccc(C2=C(N3CCc4ccccc43)C(=O)N(c3ccc(Cl)cc3C)C2=O)cc1. The van der Waals surface area contributed by atoms with Crippen LogP contribution in [0.3, 0.4) is 0 Å². The third-order valence-electron chi connectivity index (χ3n) is 5.96. The van der Waals surface area contributed by atoms with Gasteiger partial charge in [0.1, 0.15) is 5.70 Å². The minimum Gasteiger partial charge on any atom is -0.336 e. The molecule has 3 aromatic rings. The van der Waals surface area contributed by atoms with Gasteiger partial charge in [0.15, 0.2) is 0 Å². The van der Waals surface area contributed by atoms with Crippen LogP contribution in [-0.2, 0) is 16.0 Å². The fourth-order valence-electron chi connectivity index (χ4n) is 4.41. The fourth-order valence-corrected chi connectivity index (χ4v) is 4.63. The summed E-state index contributed by atoms with van der Waals surface area (Å²) in [5.74, 6) is -0.610. The topological polar surface area (TPSA) is 40.6 Å². The van der Waals surface area contributed by atoms with Crippen LogP contribution in [0.1, 0.15) is 22.3 Å². The molecule has 154 valence electrons. The first-order valence-corrected chi connectivity index (χ1v) is 10.6. The van der Waals surface area contributed by atoms with E-state index >= 15 is 0 Å². The Morgan fingerprint density at radius 2 is 1.58 bits per heavy atom. The van der Waals surface area contributed by atoms with Crippen molar-refractivity contribution < 1.29 is 9.59 Å². The van der Waals surface area contributed by atoms with Gasteiger partial charge in [-0.05, 0) is 61.2 Å². The fraction of sp³-hybridized carbons (Fsp3) is 0.154. The number of para-hydroxylation sites is 1. The van der Waals surface area contributed by atoms with E-state index in [9.17, 15) is 9.59 Å². The van der Waals surface area contributed by atoms with E-state index in [4.69, 9.17) is 11.6 Å². The molecule has 0 unspecified atom stereocenters. The van der Waals surface area contributed by atoms with Crippen LogP contribution in [0.4, 0.5) is 11.4 Å². The highest BCUT2D eigenvalue weighted by molar-refractivity contribution is 6.46. The number of halogens is 1. The molecule has 3 aromatic carbocycles. The maximum atomic E-state index is 13.8. The number of rotatable bonds is 3. The molecule has 31 heavy (non-hydrogen) atoms. The zero-order chi connectivity index (χ0) is 21.7. The van der Waals surface area contributed by atoms with E-state index in [0.29, 0.717) is 28.5 Å². The van der Waals surface area contributed by atoms with E-state index in [1.165, 1.54) is 10.5 Å². The first-order chi connectivity index (χ1) is 15.0. The Labute approximate surface area is 186 Å². The zero-order valence-corrected chi connectivity index (χ0v) is 18.1. The summed E-state index contributed by atoms with van der Waals surface area (Å²) in [4.78, 5) is 30.8. The average Bonchev–Trinajstić information content (AvgIpc) is 3.28. The minimum atomic E-state index is -0.307. The second kappa shape index (κ2) is 7.40. The summed E-state index contributed by atoms with van der Waals surface area (Å²) in [6.07, 6.45) is 0.836. The van der Waals surface area contributed by atoms with Crippen LogP contribution in [0.25, 0.3) is 5.57 Å². The lowest BCUT2D eigenvalue weighted by atomic mass is 10.0. The van der Waals surface area contributed by atoms with Gasteiger partial charge < -0.3 is 4.90 Å². The number of hydrogen-bond acceptors (Lipinski definition) is 3. The van der Waals surface area contributed by atoms with Gasteiger partial charge in [0.05, 0.1) is 11.3 Å². The van der Waals surface area contributed by atoms with E-state index in [1.54, 1.807) is 18.2 Å². The number of nitrogens with zero attached hydrogens (tertiary/aromatic N) is 2. The van der Waals surface area contributed by atoms with Crippen molar-refractivity contribution in [2.75, 3.05) is 16.3 Å². The van der Waals surface area contributed by atoms with Crippen molar-refractivity contribution >= 4 is 40.4 Å². The van der Waals surface area contributed by atoms with Crippen LogP contribution in [0.15, 0.2) is 72.4 Å². The van der Waals surface area contributed by atoms with Crippen LogP contribution >= 0.6 is 11.6 Å². The number of amides is 2. The van der Waals surface area contributed by atoms with Crippen LogP contribution in [-0.4, -0.2) is 18.4 Å². The summed E-state index contributed by atoms with van der Waals surface area (Å²) >= 11 is 6.12. The van der Waals surface area contributed by atoms with Crippen molar-refractivity contribution in [2.45, 2.75) is 20.3 Å². The molecule has 2 amide bonds. The molecule has 0 bridgehead atoms. The summed E-state index contributed by atoms with van der Waals surface area (Å²) in [7, 11) is 0. The summed E-state index contributed by atoms with van der Waals surface area (Å²) in [5.41, 5.74) is 6.23. The molecular weight excluding hydrogens is 408 g/mol. The van der Waals surface area contributed by atoms with Crippen molar-refractivity contribution in [1.82, 2.24) is 0 Å². The zero-order valence-electron chi connectivity index (χ0n) is 17.4. The molecule has 0 aromatic heterocycles. The lowest BCUT2D eigenvalue weighted by Gasteiger charge is -2.22.